The van der Waals surface area contributed by atoms with Gasteiger partial charge in [-0.05, 0) is 55.5 Å². The molecule has 1 nitrogen and oxygen atoms in total. The first-order chi connectivity index (χ1) is 8.61. The predicted molar refractivity (Wildman–Crippen MR) is 74.3 cm³/mol. The highest BCUT2D eigenvalue weighted by Crippen LogP contribution is 2.38. The fourth-order valence-corrected chi connectivity index (χ4v) is 3.25. The Morgan fingerprint density at radius 1 is 1.28 bits per heavy atom. The van der Waals surface area contributed by atoms with Crippen LogP contribution in [0.25, 0.3) is 0 Å². The first-order valence-corrected chi connectivity index (χ1v) is 7.11. The fourth-order valence-electron chi connectivity index (χ4n) is 3.02. The molecule has 100 valence electrons. The summed E-state index contributed by atoms with van der Waals surface area (Å²) in [6.07, 6.45) is 4.91. The Hall–Kier alpha value is -0.600. The van der Waals surface area contributed by atoms with Crippen molar-refractivity contribution in [2.45, 2.75) is 38.6 Å². The molecule has 18 heavy (non-hydrogen) atoms. The SMILES string of the molecule is CNC(c1cc(F)ccc1Cl)C1CCC(C)CC1. The van der Waals surface area contributed by atoms with Crippen LogP contribution >= 0.6 is 11.6 Å². The molecule has 0 spiro atoms. The van der Waals surface area contributed by atoms with E-state index in [1.54, 1.807) is 12.1 Å². The minimum atomic E-state index is -0.209. The van der Waals surface area contributed by atoms with Gasteiger partial charge < -0.3 is 5.32 Å². The lowest BCUT2D eigenvalue weighted by Crippen LogP contribution is -2.28. The second kappa shape index (κ2) is 6.03. The molecule has 1 atom stereocenters. The van der Waals surface area contributed by atoms with Crippen molar-refractivity contribution in [3.63, 3.8) is 0 Å². The molecule has 1 aliphatic rings. The van der Waals surface area contributed by atoms with Gasteiger partial charge in [-0.1, -0.05) is 31.4 Å². The Balaban J connectivity index is 2.19. The van der Waals surface area contributed by atoms with Crippen LogP contribution in [0.1, 0.15) is 44.2 Å². The molecular weight excluding hydrogens is 249 g/mol. The zero-order valence-corrected chi connectivity index (χ0v) is 11.8. The van der Waals surface area contributed by atoms with Crippen molar-refractivity contribution in [3.8, 4) is 0 Å². The second-order valence-electron chi connectivity index (χ2n) is 5.45. The van der Waals surface area contributed by atoms with Crippen LogP contribution in [0.2, 0.25) is 5.02 Å². The number of hydrogen-bond acceptors (Lipinski definition) is 1. The van der Waals surface area contributed by atoms with E-state index in [-0.39, 0.29) is 11.9 Å². The predicted octanol–water partition coefficient (Wildman–Crippen LogP) is 4.57. The van der Waals surface area contributed by atoms with Gasteiger partial charge in [0.2, 0.25) is 0 Å². The maximum absolute atomic E-state index is 13.4. The molecule has 0 heterocycles. The Morgan fingerprint density at radius 3 is 2.56 bits per heavy atom. The average molecular weight is 270 g/mol. The van der Waals surface area contributed by atoms with E-state index in [0.29, 0.717) is 10.9 Å². The summed E-state index contributed by atoms with van der Waals surface area (Å²) in [6, 6.07) is 4.81. The third-order valence-electron chi connectivity index (χ3n) is 4.14. The quantitative estimate of drug-likeness (QED) is 0.848. The minimum absolute atomic E-state index is 0.167. The van der Waals surface area contributed by atoms with Crippen LogP contribution in [0, 0.1) is 17.7 Å². The van der Waals surface area contributed by atoms with Crippen LogP contribution in [0.5, 0.6) is 0 Å². The molecule has 0 amide bonds. The maximum Gasteiger partial charge on any atom is 0.123 e. The molecule has 0 radical (unpaired) electrons. The molecule has 3 heteroatoms. The van der Waals surface area contributed by atoms with Crippen LogP contribution in [0.4, 0.5) is 4.39 Å². The van der Waals surface area contributed by atoms with Gasteiger partial charge in [-0.25, -0.2) is 4.39 Å². The van der Waals surface area contributed by atoms with Gasteiger partial charge >= 0.3 is 0 Å². The lowest BCUT2D eigenvalue weighted by molar-refractivity contribution is 0.238. The van der Waals surface area contributed by atoms with Gasteiger partial charge in [0.25, 0.3) is 0 Å². The summed E-state index contributed by atoms with van der Waals surface area (Å²) in [5.41, 5.74) is 0.902. The van der Waals surface area contributed by atoms with Crippen molar-refractivity contribution >= 4 is 11.6 Å². The van der Waals surface area contributed by atoms with E-state index in [2.05, 4.69) is 12.2 Å². The van der Waals surface area contributed by atoms with Gasteiger partial charge in [0.15, 0.2) is 0 Å². The number of nitrogens with one attached hydrogen (secondary N) is 1. The molecule has 1 aromatic rings. The molecule has 1 unspecified atom stereocenters. The number of halogens is 2. The zero-order valence-electron chi connectivity index (χ0n) is 11.0. The lowest BCUT2D eigenvalue weighted by Gasteiger charge is -2.33. The lowest BCUT2D eigenvalue weighted by atomic mass is 9.77. The Bertz CT molecular complexity index is 399. The maximum atomic E-state index is 13.4. The van der Waals surface area contributed by atoms with Crippen molar-refractivity contribution in [2.24, 2.45) is 11.8 Å². The van der Waals surface area contributed by atoms with Crippen LogP contribution in [0.3, 0.4) is 0 Å². The summed E-state index contributed by atoms with van der Waals surface area (Å²) >= 11 is 6.21. The Morgan fingerprint density at radius 2 is 1.94 bits per heavy atom. The van der Waals surface area contributed by atoms with E-state index in [0.717, 1.165) is 11.5 Å². The summed E-state index contributed by atoms with van der Waals surface area (Å²) in [5.74, 6) is 1.17. The van der Waals surface area contributed by atoms with Crippen LogP contribution < -0.4 is 5.32 Å². The molecule has 0 saturated heterocycles. The van der Waals surface area contributed by atoms with Gasteiger partial charge in [0.1, 0.15) is 5.82 Å². The summed E-state index contributed by atoms with van der Waals surface area (Å²) in [5, 5.41) is 3.98. The summed E-state index contributed by atoms with van der Waals surface area (Å²) in [6.45, 7) is 2.31. The third-order valence-corrected chi connectivity index (χ3v) is 4.48. The van der Waals surface area contributed by atoms with Crippen LogP contribution in [0.15, 0.2) is 18.2 Å². The summed E-state index contributed by atoms with van der Waals surface area (Å²) < 4.78 is 13.4. The molecule has 0 aliphatic heterocycles. The highest BCUT2D eigenvalue weighted by molar-refractivity contribution is 6.31. The highest BCUT2D eigenvalue weighted by Gasteiger charge is 2.27. The van der Waals surface area contributed by atoms with Crippen molar-refractivity contribution in [3.05, 3.63) is 34.6 Å². The number of hydrogen-bond donors (Lipinski definition) is 1. The first-order valence-electron chi connectivity index (χ1n) is 6.74. The smallest absolute Gasteiger partial charge is 0.123 e. The van der Waals surface area contributed by atoms with E-state index < -0.39 is 0 Å². The van der Waals surface area contributed by atoms with Gasteiger partial charge in [-0.2, -0.15) is 0 Å². The highest BCUT2D eigenvalue weighted by atomic mass is 35.5. The monoisotopic (exact) mass is 269 g/mol. The van der Waals surface area contributed by atoms with Gasteiger partial charge in [-0.3, -0.25) is 0 Å². The Kier molecular flexibility index (Phi) is 4.63. The van der Waals surface area contributed by atoms with E-state index in [9.17, 15) is 4.39 Å². The van der Waals surface area contributed by atoms with Crippen molar-refractivity contribution in [2.75, 3.05) is 7.05 Å². The van der Waals surface area contributed by atoms with Crippen LogP contribution in [-0.4, -0.2) is 7.05 Å². The molecule has 1 fully saturated rings. The normalized spacial score (nSPS) is 26.0. The fraction of sp³-hybridized carbons (Fsp3) is 0.600. The zero-order chi connectivity index (χ0) is 13.1. The standard InChI is InChI=1S/C15H21ClFN/c1-10-3-5-11(6-4-10)15(18-2)13-9-12(17)7-8-14(13)16/h7-11,15,18H,3-6H2,1-2H3. The largest absolute Gasteiger partial charge is 0.313 e. The summed E-state index contributed by atoms with van der Waals surface area (Å²) in [4.78, 5) is 0. The van der Waals surface area contributed by atoms with E-state index >= 15 is 0 Å². The van der Waals surface area contributed by atoms with Crippen molar-refractivity contribution in [1.82, 2.24) is 5.32 Å². The van der Waals surface area contributed by atoms with E-state index in [1.807, 2.05) is 7.05 Å². The molecule has 0 bridgehead atoms. The molecule has 1 aliphatic carbocycles. The van der Waals surface area contributed by atoms with Crippen molar-refractivity contribution in [1.29, 1.82) is 0 Å². The van der Waals surface area contributed by atoms with Gasteiger partial charge in [-0.15, -0.1) is 0 Å². The molecule has 1 N–H and O–H groups in total. The topological polar surface area (TPSA) is 12.0 Å². The van der Waals surface area contributed by atoms with Crippen molar-refractivity contribution < 1.29 is 4.39 Å². The van der Waals surface area contributed by atoms with Crippen LogP contribution in [-0.2, 0) is 0 Å². The first kappa shape index (κ1) is 13.8. The minimum Gasteiger partial charge on any atom is -0.313 e. The third kappa shape index (κ3) is 3.04. The Labute approximate surface area is 114 Å². The van der Waals surface area contributed by atoms with E-state index in [1.165, 1.54) is 31.7 Å². The number of benzene rings is 1. The second-order valence-corrected chi connectivity index (χ2v) is 5.86. The summed E-state index contributed by atoms with van der Waals surface area (Å²) in [7, 11) is 1.93. The van der Waals surface area contributed by atoms with E-state index in [4.69, 9.17) is 11.6 Å². The molecule has 0 aromatic heterocycles. The molecule has 1 aromatic carbocycles. The molecule has 2 rings (SSSR count). The molecule has 1 saturated carbocycles. The average Bonchev–Trinajstić information content (AvgIpc) is 2.37. The van der Waals surface area contributed by atoms with Gasteiger partial charge in [0.05, 0.1) is 0 Å². The number of rotatable bonds is 3. The molecular formula is C15H21ClFN. The van der Waals surface area contributed by atoms with Gasteiger partial charge in [0, 0.05) is 11.1 Å².